The summed E-state index contributed by atoms with van der Waals surface area (Å²) in [5.74, 6) is 0. The van der Waals surface area contributed by atoms with Gasteiger partial charge >= 0.3 is 21.7 Å². The number of hydrogen-bond donors (Lipinski definition) is 1. The molecule has 0 saturated carbocycles. The molecular weight excluding hydrogens is 277 g/mol. The van der Waals surface area contributed by atoms with E-state index < -0.39 is 0 Å². The van der Waals surface area contributed by atoms with Gasteiger partial charge in [-0.3, -0.25) is 0 Å². The minimum absolute atomic E-state index is 0. The maximum Gasteiger partial charge on any atom is 3.00 e. The van der Waals surface area contributed by atoms with Gasteiger partial charge in [0.15, 0.2) is 0 Å². The molecule has 1 aromatic heterocycles. The van der Waals surface area contributed by atoms with Crippen molar-refractivity contribution in [3.05, 3.63) is 36.0 Å². The predicted octanol–water partition coefficient (Wildman–Crippen LogP) is -2.73. The number of aromatic nitrogens is 1. The van der Waals surface area contributed by atoms with Gasteiger partial charge in [-0.1, -0.05) is 32.4 Å². The van der Waals surface area contributed by atoms with Crippen LogP contribution in [-0.2, 0) is 27.1 Å². The van der Waals surface area contributed by atoms with Crippen molar-refractivity contribution in [1.29, 1.82) is 0 Å². The molecule has 1 heterocycles. The van der Waals surface area contributed by atoms with Crippen LogP contribution in [0.15, 0.2) is 24.3 Å². The number of halogens is 2. The number of aromatic amines is 1. The first-order valence-corrected chi connectivity index (χ1v) is 4.57. The van der Waals surface area contributed by atoms with Crippen LogP contribution in [0.1, 0.15) is 26.3 Å². The SMILES string of the molecule is CC(C)(C)c1ccc2[nH][c-]cc2c1.[Cl-].[Cl-].[Ti+3]. The first kappa shape index (κ1) is 18.4. The summed E-state index contributed by atoms with van der Waals surface area (Å²) in [5.41, 5.74) is 2.76. The topological polar surface area (TPSA) is 15.8 Å². The van der Waals surface area contributed by atoms with E-state index in [1.165, 1.54) is 10.9 Å². The van der Waals surface area contributed by atoms with E-state index in [-0.39, 0.29) is 51.9 Å². The van der Waals surface area contributed by atoms with E-state index >= 15 is 0 Å². The number of hydrogen-bond acceptors (Lipinski definition) is 0. The Bertz CT molecular complexity index is 432. The summed E-state index contributed by atoms with van der Waals surface area (Å²) in [7, 11) is 0. The number of rotatable bonds is 0. The molecule has 0 aliphatic rings. The predicted molar refractivity (Wildman–Crippen MR) is 55.8 cm³/mol. The minimum Gasteiger partial charge on any atom is -1.00 e. The largest absolute Gasteiger partial charge is 3.00 e. The molecule has 85 valence electrons. The smallest absolute Gasteiger partial charge is 1.00 e. The third-order valence-electron chi connectivity index (χ3n) is 2.35. The van der Waals surface area contributed by atoms with E-state index in [9.17, 15) is 0 Å². The number of benzene rings is 1. The second-order valence-electron chi connectivity index (χ2n) is 4.47. The number of fused-ring (bicyclic) bond motifs is 1. The molecule has 0 amide bonds. The van der Waals surface area contributed by atoms with Crippen molar-refractivity contribution in [1.82, 2.24) is 4.98 Å². The van der Waals surface area contributed by atoms with E-state index in [4.69, 9.17) is 0 Å². The summed E-state index contributed by atoms with van der Waals surface area (Å²) in [6, 6.07) is 8.51. The summed E-state index contributed by atoms with van der Waals surface area (Å²) in [4.78, 5) is 3.07. The van der Waals surface area contributed by atoms with Crippen molar-refractivity contribution >= 4 is 10.9 Å². The van der Waals surface area contributed by atoms with Crippen LogP contribution in [0.4, 0.5) is 0 Å². The van der Waals surface area contributed by atoms with Crippen LogP contribution in [0.5, 0.6) is 0 Å². The van der Waals surface area contributed by atoms with Crippen LogP contribution < -0.4 is 24.8 Å². The molecule has 0 unspecified atom stereocenters. The standard InChI is InChI=1S/C12H14N.2ClH.Ti/c1-12(2,3)10-4-5-11-9(8-10)6-7-13-11;;;/h4-6,8,13H,1-3H3;2*1H;/q-1;;;+3/p-2. The monoisotopic (exact) mass is 290 g/mol. The van der Waals surface area contributed by atoms with Crippen LogP contribution >= 0.6 is 0 Å². The molecule has 0 atom stereocenters. The maximum atomic E-state index is 3.07. The van der Waals surface area contributed by atoms with Gasteiger partial charge in [0.05, 0.1) is 0 Å². The van der Waals surface area contributed by atoms with E-state index in [0.29, 0.717) is 0 Å². The Kier molecular flexibility index (Phi) is 7.72. The van der Waals surface area contributed by atoms with Crippen molar-refractivity contribution in [3.63, 3.8) is 0 Å². The number of H-pyrrole nitrogens is 1. The zero-order chi connectivity index (χ0) is 9.47. The van der Waals surface area contributed by atoms with Crippen LogP contribution in [-0.4, -0.2) is 4.98 Å². The van der Waals surface area contributed by atoms with Gasteiger partial charge in [0.2, 0.25) is 0 Å². The van der Waals surface area contributed by atoms with E-state index in [2.05, 4.69) is 50.2 Å². The first-order chi connectivity index (χ1) is 6.07. The zero-order valence-corrected chi connectivity index (χ0v) is 12.6. The van der Waals surface area contributed by atoms with Crippen LogP contribution in [0.25, 0.3) is 10.9 Å². The summed E-state index contributed by atoms with van der Waals surface area (Å²) in [6.07, 6.45) is 2.99. The Labute approximate surface area is 124 Å². The summed E-state index contributed by atoms with van der Waals surface area (Å²) < 4.78 is 0. The zero-order valence-electron chi connectivity index (χ0n) is 9.57. The third kappa shape index (κ3) is 3.82. The van der Waals surface area contributed by atoms with E-state index in [1.807, 2.05) is 6.07 Å². The normalized spacial score (nSPS) is 9.94. The molecule has 4 heteroatoms. The second-order valence-corrected chi connectivity index (χ2v) is 4.47. The average molecular weight is 291 g/mol. The molecule has 1 nitrogen and oxygen atoms in total. The Morgan fingerprint density at radius 1 is 1.12 bits per heavy atom. The van der Waals surface area contributed by atoms with Crippen LogP contribution in [0, 0.1) is 6.20 Å². The quantitative estimate of drug-likeness (QED) is 0.401. The molecule has 1 radical (unpaired) electrons. The second kappa shape index (κ2) is 6.71. The fraction of sp³-hybridized carbons (Fsp3) is 0.333. The van der Waals surface area contributed by atoms with Gasteiger partial charge < -0.3 is 29.8 Å². The Balaban J connectivity index is 0. The molecular formula is C12H14Cl2NTi. The molecule has 0 spiro atoms. The fourth-order valence-electron chi connectivity index (χ4n) is 1.45. The molecule has 2 rings (SSSR count). The molecule has 0 aliphatic carbocycles. The summed E-state index contributed by atoms with van der Waals surface area (Å²) in [6.45, 7) is 6.68. The molecule has 0 saturated heterocycles. The summed E-state index contributed by atoms with van der Waals surface area (Å²) in [5, 5.41) is 1.24. The van der Waals surface area contributed by atoms with Crippen LogP contribution in [0.3, 0.4) is 0 Å². The van der Waals surface area contributed by atoms with Crippen LogP contribution in [0.2, 0.25) is 0 Å². The molecule has 1 aromatic carbocycles. The van der Waals surface area contributed by atoms with Crippen molar-refractivity contribution in [2.45, 2.75) is 26.2 Å². The van der Waals surface area contributed by atoms with E-state index in [0.717, 1.165) is 5.52 Å². The van der Waals surface area contributed by atoms with Gasteiger partial charge in [-0.05, 0) is 5.41 Å². The van der Waals surface area contributed by atoms with Gasteiger partial charge in [0, 0.05) is 0 Å². The van der Waals surface area contributed by atoms with Crippen molar-refractivity contribution in [3.8, 4) is 0 Å². The van der Waals surface area contributed by atoms with Gasteiger partial charge in [0.1, 0.15) is 0 Å². The molecule has 1 N–H and O–H groups in total. The van der Waals surface area contributed by atoms with Gasteiger partial charge in [0.25, 0.3) is 0 Å². The van der Waals surface area contributed by atoms with Gasteiger partial charge in [-0.25, -0.2) is 0 Å². The molecule has 2 aromatic rings. The molecule has 0 fully saturated rings. The third-order valence-corrected chi connectivity index (χ3v) is 2.35. The Hall–Kier alpha value is 0.0543. The van der Waals surface area contributed by atoms with E-state index in [1.54, 1.807) is 0 Å². The maximum absolute atomic E-state index is 3.07. The first-order valence-electron chi connectivity index (χ1n) is 4.57. The molecule has 0 bridgehead atoms. The summed E-state index contributed by atoms with van der Waals surface area (Å²) >= 11 is 0. The van der Waals surface area contributed by atoms with Crippen molar-refractivity contribution in [2.75, 3.05) is 0 Å². The molecule has 0 aliphatic heterocycles. The van der Waals surface area contributed by atoms with Crippen molar-refractivity contribution in [2.24, 2.45) is 0 Å². The Morgan fingerprint density at radius 2 is 1.75 bits per heavy atom. The Morgan fingerprint density at radius 3 is 2.31 bits per heavy atom. The average Bonchev–Trinajstić information content (AvgIpc) is 2.47. The molecule has 16 heavy (non-hydrogen) atoms. The fourth-order valence-corrected chi connectivity index (χ4v) is 1.45. The minimum atomic E-state index is 0. The van der Waals surface area contributed by atoms with Gasteiger partial charge in [-0.15, -0.1) is 23.8 Å². The van der Waals surface area contributed by atoms with Crippen molar-refractivity contribution < 1.29 is 46.5 Å². The number of nitrogens with one attached hydrogen (secondary N) is 1. The van der Waals surface area contributed by atoms with Gasteiger partial charge in [-0.2, -0.15) is 11.5 Å².